The van der Waals surface area contributed by atoms with Crippen molar-refractivity contribution in [2.24, 2.45) is 11.8 Å². The average Bonchev–Trinajstić information content (AvgIpc) is 2.40. The molecule has 2 fully saturated rings. The molecule has 2 rings (SSSR count). The van der Waals surface area contributed by atoms with Crippen molar-refractivity contribution in [2.45, 2.75) is 51.9 Å². The van der Waals surface area contributed by atoms with E-state index in [9.17, 15) is 4.79 Å². The van der Waals surface area contributed by atoms with Crippen LogP contribution in [0, 0.1) is 11.8 Å². The number of carbonyl (C=O) groups is 1. The number of carbonyl (C=O) groups excluding carboxylic acids is 1. The molecule has 1 saturated heterocycles. The number of likely N-dealkylation sites (tertiary alicyclic amines) is 1. The van der Waals surface area contributed by atoms with Crippen LogP contribution in [0.1, 0.15) is 51.9 Å². The van der Waals surface area contributed by atoms with Gasteiger partial charge >= 0.3 is 6.09 Å². The quantitative estimate of drug-likeness (QED) is 0.738. The maximum Gasteiger partial charge on any atom is 0.409 e. The first-order valence-electron chi connectivity index (χ1n) is 7.23. The minimum Gasteiger partial charge on any atom is -0.450 e. The number of ether oxygens (including phenoxy) is 1. The molecule has 17 heavy (non-hydrogen) atoms. The van der Waals surface area contributed by atoms with Crippen molar-refractivity contribution in [1.29, 1.82) is 0 Å². The van der Waals surface area contributed by atoms with Gasteiger partial charge in [0.2, 0.25) is 0 Å². The fourth-order valence-electron chi connectivity index (χ4n) is 3.37. The zero-order chi connectivity index (χ0) is 12.1. The predicted molar refractivity (Wildman–Crippen MR) is 67.9 cm³/mol. The summed E-state index contributed by atoms with van der Waals surface area (Å²) < 4.78 is 5.05. The molecule has 1 heterocycles. The number of amides is 1. The summed E-state index contributed by atoms with van der Waals surface area (Å²) in [4.78, 5) is 13.5. The van der Waals surface area contributed by atoms with Gasteiger partial charge in [-0.15, -0.1) is 0 Å². The molecule has 0 aromatic carbocycles. The normalized spacial score (nSPS) is 23.7. The summed E-state index contributed by atoms with van der Waals surface area (Å²) in [6.45, 7) is 4.16. The maximum atomic E-state index is 11.6. The Hall–Kier alpha value is -0.730. The van der Waals surface area contributed by atoms with Crippen molar-refractivity contribution in [3.05, 3.63) is 0 Å². The van der Waals surface area contributed by atoms with Crippen molar-refractivity contribution < 1.29 is 9.53 Å². The van der Waals surface area contributed by atoms with Gasteiger partial charge in [0.25, 0.3) is 0 Å². The Morgan fingerprint density at radius 2 is 1.65 bits per heavy atom. The summed E-state index contributed by atoms with van der Waals surface area (Å²) in [5.41, 5.74) is 0. The third kappa shape index (κ3) is 3.36. The van der Waals surface area contributed by atoms with E-state index in [1.54, 1.807) is 0 Å². The monoisotopic (exact) mass is 239 g/mol. The SMILES string of the molecule is CCOC(=O)N1CCC(C2CCCCC2)CC1. The number of hydrogen-bond donors (Lipinski definition) is 0. The second-order valence-electron chi connectivity index (χ2n) is 5.42. The molecule has 2 aliphatic rings. The van der Waals surface area contributed by atoms with E-state index in [0.717, 1.165) is 24.9 Å². The first-order chi connectivity index (χ1) is 8.31. The highest BCUT2D eigenvalue weighted by atomic mass is 16.6. The molecule has 0 spiro atoms. The molecular weight excluding hydrogens is 214 g/mol. The molecular formula is C14H25NO2. The van der Waals surface area contributed by atoms with Crippen molar-refractivity contribution in [3.8, 4) is 0 Å². The zero-order valence-electron chi connectivity index (χ0n) is 11.0. The van der Waals surface area contributed by atoms with Crippen molar-refractivity contribution >= 4 is 6.09 Å². The van der Waals surface area contributed by atoms with E-state index in [-0.39, 0.29) is 6.09 Å². The lowest BCUT2D eigenvalue weighted by molar-refractivity contribution is 0.0795. The van der Waals surface area contributed by atoms with Crippen LogP contribution >= 0.6 is 0 Å². The van der Waals surface area contributed by atoms with Crippen LogP contribution in [-0.2, 0) is 4.74 Å². The van der Waals surface area contributed by atoms with Gasteiger partial charge in [-0.3, -0.25) is 0 Å². The Bertz CT molecular complexity index is 241. The number of piperidine rings is 1. The van der Waals surface area contributed by atoms with Crippen LogP contribution in [0.25, 0.3) is 0 Å². The highest BCUT2D eigenvalue weighted by Crippen LogP contribution is 2.35. The molecule has 1 saturated carbocycles. The average molecular weight is 239 g/mol. The molecule has 0 unspecified atom stereocenters. The Balaban J connectivity index is 1.75. The third-order valence-electron chi connectivity index (χ3n) is 4.38. The standard InChI is InChI=1S/C14H25NO2/c1-2-17-14(16)15-10-8-13(9-11-15)12-6-4-3-5-7-12/h12-13H,2-11H2,1H3. The van der Waals surface area contributed by atoms with E-state index in [2.05, 4.69) is 0 Å². The fraction of sp³-hybridized carbons (Fsp3) is 0.929. The van der Waals surface area contributed by atoms with Crippen molar-refractivity contribution in [3.63, 3.8) is 0 Å². The van der Waals surface area contributed by atoms with Crippen LogP contribution < -0.4 is 0 Å². The summed E-state index contributed by atoms with van der Waals surface area (Å²) in [7, 11) is 0. The predicted octanol–water partition coefficient (Wildman–Crippen LogP) is 3.44. The molecule has 0 aromatic heterocycles. The first kappa shape index (κ1) is 12.7. The summed E-state index contributed by atoms with van der Waals surface area (Å²) in [5, 5.41) is 0. The molecule has 0 atom stereocenters. The fourth-order valence-corrected chi connectivity index (χ4v) is 3.37. The molecule has 0 N–H and O–H groups in total. The summed E-state index contributed by atoms with van der Waals surface area (Å²) in [6, 6.07) is 0. The Kier molecular flexibility index (Phi) is 4.69. The van der Waals surface area contributed by atoms with Crippen molar-refractivity contribution in [1.82, 2.24) is 4.90 Å². The molecule has 0 bridgehead atoms. The molecule has 3 nitrogen and oxygen atoms in total. The number of nitrogens with zero attached hydrogens (tertiary/aromatic N) is 1. The lowest BCUT2D eigenvalue weighted by atomic mass is 9.76. The first-order valence-corrected chi connectivity index (χ1v) is 7.23. The number of rotatable bonds is 2. The largest absolute Gasteiger partial charge is 0.450 e. The smallest absolute Gasteiger partial charge is 0.409 e. The van der Waals surface area contributed by atoms with Crippen LogP contribution in [0.5, 0.6) is 0 Å². The van der Waals surface area contributed by atoms with Gasteiger partial charge in [0.15, 0.2) is 0 Å². The third-order valence-corrected chi connectivity index (χ3v) is 4.38. The Labute approximate surface area is 105 Å². The van der Waals surface area contributed by atoms with Gasteiger partial charge in [-0.05, 0) is 31.6 Å². The Morgan fingerprint density at radius 3 is 2.24 bits per heavy atom. The van der Waals surface area contributed by atoms with Gasteiger partial charge in [-0.1, -0.05) is 32.1 Å². The molecule has 0 radical (unpaired) electrons. The van der Waals surface area contributed by atoms with E-state index in [1.165, 1.54) is 44.9 Å². The minimum atomic E-state index is -0.116. The highest BCUT2D eigenvalue weighted by molar-refractivity contribution is 5.67. The summed E-state index contributed by atoms with van der Waals surface area (Å²) in [6.07, 6.45) is 9.36. The van der Waals surface area contributed by atoms with Gasteiger partial charge in [0, 0.05) is 13.1 Å². The van der Waals surface area contributed by atoms with Crippen LogP contribution in [0.2, 0.25) is 0 Å². The highest BCUT2D eigenvalue weighted by Gasteiger charge is 2.29. The van der Waals surface area contributed by atoms with E-state index in [0.29, 0.717) is 6.61 Å². The van der Waals surface area contributed by atoms with E-state index < -0.39 is 0 Å². The van der Waals surface area contributed by atoms with Crippen LogP contribution in [0.4, 0.5) is 4.79 Å². The molecule has 3 heteroatoms. The second kappa shape index (κ2) is 6.27. The maximum absolute atomic E-state index is 11.6. The Morgan fingerprint density at radius 1 is 1.06 bits per heavy atom. The van der Waals surface area contributed by atoms with E-state index in [1.807, 2.05) is 11.8 Å². The summed E-state index contributed by atoms with van der Waals surface area (Å²) >= 11 is 0. The lowest BCUT2D eigenvalue weighted by Crippen LogP contribution is -2.40. The molecule has 98 valence electrons. The van der Waals surface area contributed by atoms with Crippen LogP contribution in [0.15, 0.2) is 0 Å². The van der Waals surface area contributed by atoms with Gasteiger partial charge < -0.3 is 9.64 Å². The molecule has 0 aromatic rings. The molecule has 1 aliphatic carbocycles. The zero-order valence-corrected chi connectivity index (χ0v) is 11.0. The van der Waals surface area contributed by atoms with E-state index in [4.69, 9.17) is 4.74 Å². The van der Waals surface area contributed by atoms with Crippen molar-refractivity contribution in [2.75, 3.05) is 19.7 Å². The van der Waals surface area contributed by atoms with Gasteiger partial charge in [-0.25, -0.2) is 4.79 Å². The minimum absolute atomic E-state index is 0.116. The topological polar surface area (TPSA) is 29.5 Å². The van der Waals surface area contributed by atoms with Gasteiger partial charge in [0.1, 0.15) is 0 Å². The summed E-state index contributed by atoms with van der Waals surface area (Å²) in [5.74, 6) is 1.80. The lowest BCUT2D eigenvalue weighted by Gasteiger charge is -2.37. The van der Waals surface area contributed by atoms with Crippen LogP contribution in [-0.4, -0.2) is 30.7 Å². The number of hydrogen-bond acceptors (Lipinski definition) is 2. The molecule has 1 aliphatic heterocycles. The van der Waals surface area contributed by atoms with Gasteiger partial charge in [0.05, 0.1) is 6.61 Å². The van der Waals surface area contributed by atoms with E-state index >= 15 is 0 Å². The molecule has 1 amide bonds. The second-order valence-corrected chi connectivity index (χ2v) is 5.42. The van der Waals surface area contributed by atoms with Crippen LogP contribution in [0.3, 0.4) is 0 Å². The van der Waals surface area contributed by atoms with Gasteiger partial charge in [-0.2, -0.15) is 0 Å².